The summed E-state index contributed by atoms with van der Waals surface area (Å²) in [6.45, 7) is 3.26. The number of carbonyl (C=O) groups is 2. The van der Waals surface area contributed by atoms with E-state index in [4.69, 9.17) is 11.6 Å². The predicted molar refractivity (Wildman–Crippen MR) is 65.0 cm³/mol. The molecule has 0 rings (SSSR count). The fraction of sp³-hybridized carbons (Fsp3) is 0.778. The molecule has 0 saturated heterocycles. The molecule has 0 aliphatic heterocycles. The molecule has 0 aromatic heterocycles. The minimum absolute atomic E-state index is 0.137. The van der Waals surface area contributed by atoms with Crippen molar-refractivity contribution in [3.05, 3.63) is 0 Å². The lowest BCUT2D eigenvalue weighted by Gasteiger charge is -2.13. The number of hydrogen-bond acceptors (Lipinski definition) is 3. The van der Waals surface area contributed by atoms with Gasteiger partial charge in [0.05, 0.1) is 0 Å². The van der Waals surface area contributed by atoms with Gasteiger partial charge in [-0.25, -0.2) is 4.79 Å². The van der Waals surface area contributed by atoms with Crippen LogP contribution in [0.25, 0.3) is 0 Å². The first-order chi connectivity index (χ1) is 7.32. The van der Waals surface area contributed by atoms with E-state index in [9.17, 15) is 13.8 Å². The summed E-state index contributed by atoms with van der Waals surface area (Å²) in [6.07, 6.45) is 2.20. The number of urea groups is 1. The Morgan fingerprint density at radius 2 is 1.94 bits per heavy atom. The van der Waals surface area contributed by atoms with Crippen LogP contribution in [0.3, 0.4) is 0 Å². The second-order valence-corrected chi connectivity index (χ2v) is 5.76. The van der Waals surface area contributed by atoms with E-state index in [1.54, 1.807) is 13.2 Å². The average Bonchev–Trinajstić information content (AvgIpc) is 2.14. The van der Waals surface area contributed by atoms with Crippen molar-refractivity contribution >= 4 is 34.3 Å². The first kappa shape index (κ1) is 15.4. The summed E-state index contributed by atoms with van der Waals surface area (Å²) in [7, 11) is -0.879. The molecule has 16 heavy (non-hydrogen) atoms. The van der Waals surface area contributed by atoms with Crippen LogP contribution in [0.5, 0.6) is 0 Å². The maximum absolute atomic E-state index is 11.2. The molecule has 2 N–H and O–H groups in total. The molecule has 3 atom stereocenters. The quantitative estimate of drug-likeness (QED) is 0.717. The Morgan fingerprint density at radius 1 is 1.38 bits per heavy atom. The van der Waals surface area contributed by atoms with Crippen LogP contribution in [0.2, 0.25) is 0 Å². The summed E-state index contributed by atoms with van der Waals surface area (Å²) in [5.41, 5.74) is 0. The van der Waals surface area contributed by atoms with Gasteiger partial charge in [0.15, 0.2) is 0 Å². The van der Waals surface area contributed by atoms with Crippen LogP contribution in [-0.2, 0) is 15.6 Å². The second kappa shape index (κ2) is 7.62. The van der Waals surface area contributed by atoms with Gasteiger partial charge in [-0.05, 0) is 20.3 Å². The van der Waals surface area contributed by atoms with E-state index in [-0.39, 0.29) is 6.04 Å². The normalized spacial score (nSPS) is 16.0. The van der Waals surface area contributed by atoms with Crippen molar-refractivity contribution in [1.82, 2.24) is 10.6 Å². The molecule has 5 nitrogen and oxygen atoms in total. The molecule has 0 aromatic carbocycles. The molecule has 0 aliphatic carbocycles. The van der Waals surface area contributed by atoms with E-state index in [0.29, 0.717) is 12.2 Å². The van der Waals surface area contributed by atoms with Crippen LogP contribution in [0, 0.1) is 0 Å². The Morgan fingerprint density at radius 3 is 2.38 bits per heavy atom. The lowest BCUT2D eigenvalue weighted by Crippen LogP contribution is -2.45. The summed E-state index contributed by atoms with van der Waals surface area (Å²) >= 11 is 5.48. The largest absolute Gasteiger partial charge is 0.335 e. The second-order valence-electron chi connectivity index (χ2n) is 3.55. The number of nitrogens with one attached hydrogen (secondary N) is 2. The molecule has 0 fully saturated rings. The predicted octanol–water partition coefficient (Wildman–Crippen LogP) is 0.597. The fourth-order valence-corrected chi connectivity index (χ4v) is 1.63. The number of halogens is 1. The molecule has 0 spiro atoms. The highest BCUT2D eigenvalue weighted by Crippen LogP contribution is 1.94. The van der Waals surface area contributed by atoms with Gasteiger partial charge in [0.25, 0.3) is 0 Å². The number of imide groups is 1. The monoisotopic (exact) mass is 268 g/mol. The molecule has 0 aliphatic rings. The molecule has 0 aromatic rings. The van der Waals surface area contributed by atoms with Crippen LogP contribution < -0.4 is 10.6 Å². The lowest BCUT2D eigenvalue weighted by atomic mass is 10.3. The molecular formula is C9H17ClN2O3S. The summed E-state index contributed by atoms with van der Waals surface area (Å²) in [5, 5.41) is 3.91. The number of amides is 3. The Hall–Kier alpha value is -0.620. The van der Waals surface area contributed by atoms with Crippen LogP contribution in [0.1, 0.15) is 20.3 Å². The minimum Gasteiger partial charge on any atom is -0.335 e. The fourth-order valence-electron chi connectivity index (χ4n) is 0.886. The van der Waals surface area contributed by atoms with Crippen molar-refractivity contribution in [2.24, 2.45) is 0 Å². The van der Waals surface area contributed by atoms with Crippen LogP contribution >= 0.6 is 11.6 Å². The molecule has 7 heteroatoms. The first-order valence-corrected chi connectivity index (χ1v) is 7.04. The zero-order chi connectivity index (χ0) is 12.7. The molecule has 3 amide bonds. The van der Waals surface area contributed by atoms with Gasteiger partial charge in [-0.15, -0.1) is 11.6 Å². The van der Waals surface area contributed by atoms with Gasteiger partial charge < -0.3 is 5.32 Å². The van der Waals surface area contributed by atoms with Gasteiger partial charge in [0.2, 0.25) is 5.91 Å². The molecule has 3 unspecified atom stereocenters. The van der Waals surface area contributed by atoms with Gasteiger partial charge in [-0.1, -0.05) is 0 Å². The highest BCUT2D eigenvalue weighted by molar-refractivity contribution is 7.84. The highest BCUT2D eigenvalue weighted by Gasteiger charge is 2.14. The molecule has 0 radical (unpaired) electrons. The van der Waals surface area contributed by atoms with E-state index in [1.165, 1.54) is 6.92 Å². The average molecular weight is 269 g/mol. The summed E-state index contributed by atoms with van der Waals surface area (Å²) < 4.78 is 10.8. The van der Waals surface area contributed by atoms with Crippen molar-refractivity contribution in [2.75, 3.05) is 12.0 Å². The van der Waals surface area contributed by atoms with E-state index < -0.39 is 28.1 Å². The number of alkyl halides is 1. The van der Waals surface area contributed by atoms with Crippen molar-refractivity contribution < 1.29 is 13.8 Å². The van der Waals surface area contributed by atoms with Gasteiger partial charge in [0, 0.05) is 28.9 Å². The molecule has 0 heterocycles. The van der Waals surface area contributed by atoms with E-state index in [2.05, 4.69) is 10.6 Å². The smallest absolute Gasteiger partial charge is 0.321 e. The van der Waals surface area contributed by atoms with Gasteiger partial charge in [-0.2, -0.15) is 0 Å². The van der Waals surface area contributed by atoms with Crippen molar-refractivity contribution in [2.45, 2.75) is 31.7 Å². The Bertz CT molecular complexity index is 284. The van der Waals surface area contributed by atoms with Gasteiger partial charge in [0.1, 0.15) is 5.38 Å². The topological polar surface area (TPSA) is 75.3 Å². The maximum Gasteiger partial charge on any atom is 0.321 e. The third kappa shape index (κ3) is 7.64. The molecule has 94 valence electrons. The van der Waals surface area contributed by atoms with Gasteiger partial charge >= 0.3 is 6.03 Å². The maximum atomic E-state index is 11.2. The van der Waals surface area contributed by atoms with Crippen LogP contribution in [0.15, 0.2) is 0 Å². The molecular weight excluding hydrogens is 252 g/mol. The van der Waals surface area contributed by atoms with Crippen molar-refractivity contribution in [3.63, 3.8) is 0 Å². The Balaban J connectivity index is 3.87. The zero-order valence-corrected chi connectivity index (χ0v) is 11.2. The Labute approximate surface area is 103 Å². The van der Waals surface area contributed by atoms with Crippen LogP contribution in [-0.4, -0.2) is 39.6 Å². The summed E-state index contributed by atoms with van der Waals surface area (Å²) in [4.78, 5) is 22.3. The molecule has 0 bridgehead atoms. The number of hydrogen-bond donors (Lipinski definition) is 2. The Kier molecular flexibility index (Phi) is 7.33. The van der Waals surface area contributed by atoms with E-state index in [0.717, 1.165) is 0 Å². The SMILES string of the molecule is CC(CCS(C)=O)NC(=O)NC(=O)C(C)Cl. The van der Waals surface area contributed by atoms with E-state index in [1.807, 2.05) is 0 Å². The highest BCUT2D eigenvalue weighted by atomic mass is 35.5. The lowest BCUT2D eigenvalue weighted by molar-refractivity contribution is -0.119. The third-order valence-corrected chi connectivity index (χ3v) is 2.82. The van der Waals surface area contributed by atoms with E-state index >= 15 is 0 Å². The number of carbonyl (C=O) groups excluding carboxylic acids is 2. The van der Waals surface area contributed by atoms with Crippen molar-refractivity contribution in [1.29, 1.82) is 0 Å². The minimum atomic E-state index is -0.879. The third-order valence-electron chi connectivity index (χ3n) is 1.81. The standard InChI is InChI=1S/C9H17ClN2O3S/c1-6(4-5-16(3)15)11-9(14)12-8(13)7(2)10/h6-7H,4-5H2,1-3H3,(H2,11,12,13,14). The summed E-state index contributed by atoms with van der Waals surface area (Å²) in [5.74, 6) is -0.0215. The van der Waals surface area contributed by atoms with Gasteiger partial charge in [-0.3, -0.25) is 14.3 Å². The zero-order valence-electron chi connectivity index (χ0n) is 9.58. The number of rotatable bonds is 5. The first-order valence-electron chi connectivity index (χ1n) is 4.88. The molecule has 0 saturated carbocycles. The summed E-state index contributed by atoms with van der Waals surface area (Å²) in [6, 6.07) is -0.714. The van der Waals surface area contributed by atoms with Crippen molar-refractivity contribution in [3.8, 4) is 0 Å². The van der Waals surface area contributed by atoms with Crippen LogP contribution in [0.4, 0.5) is 4.79 Å².